The number of carbonyl (C=O) groups is 1. The number of carbonyl (C=O) groups excluding carboxylic acids is 1. The Hall–Kier alpha value is -3.28. The number of nitrogens with one attached hydrogen (secondary N) is 2. The Morgan fingerprint density at radius 2 is 1.48 bits per heavy atom. The van der Waals surface area contributed by atoms with Crippen molar-refractivity contribution in [2.24, 2.45) is 0 Å². The summed E-state index contributed by atoms with van der Waals surface area (Å²) in [4.78, 5) is 12.0. The van der Waals surface area contributed by atoms with Gasteiger partial charge in [0.15, 0.2) is 5.82 Å². The molecule has 0 radical (unpaired) electrons. The summed E-state index contributed by atoms with van der Waals surface area (Å²) in [5, 5.41) is 14.0. The standard InChI is InChI=1S/C21H21FN4O/c22-18-9-6-17(7-10-18)14-15-23-19-11-12-20(26-25-19)24-21(27)13-8-16-4-2-1-3-5-16/h1-7,9-12H,8,13-15H2,(H,23,25)(H,24,26,27). The number of rotatable bonds is 8. The summed E-state index contributed by atoms with van der Waals surface area (Å²) in [5.74, 6) is 0.723. The molecule has 3 rings (SSSR count). The van der Waals surface area contributed by atoms with Crippen LogP contribution in [0, 0.1) is 5.82 Å². The molecule has 2 N–H and O–H groups in total. The molecule has 0 atom stereocenters. The number of hydrogen-bond acceptors (Lipinski definition) is 4. The molecule has 0 saturated heterocycles. The minimum Gasteiger partial charge on any atom is -0.368 e. The Balaban J connectivity index is 1.41. The Labute approximate surface area is 157 Å². The van der Waals surface area contributed by atoms with E-state index < -0.39 is 0 Å². The van der Waals surface area contributed by atoms with Crippen LogP contribution in [0.15, 0.2) is 66.7 Å². The van der Waals surface area contributed by atoms with Crippen molar-refractivity contribution in [3.8, 4) is 0 Å². The molecule has 0 aliphatic heterocycles. The molecule has 0 aliphatic rings. The van der Waals surface area contributed by atoms with Gasteiger partial charge in [-0.3, -0.25) is 4.79 Å². The van der Waals surface area contributed by atoms with Gasteiger partial charge in [-0.1, -0.05) is 42.5 Å². The maximum Gasteiger partial charge on any atom is 0.225 e. The highest BCUT2D eigenvalue weighted by Gasteiger charge is 2.05. The zero-order valence-electron chi connectivity index (χ0n) is 14.9. The minimum absolute atomic E-state index is 0.0924. The van der Waals surface area contributed by atoms with Crippen molar-refractivity contribution in [3.05, 3.63) is 83.7 Å². The highest BCUT2D eigenvalue weighted by Crippen LogP contribution is 2.09. The van der Waals surface area contributed by atoms with Gasteiger partial charge in [0.25, 0.3) is 0 Å². The van der Waals surface area contributed by atoms with Gasteiger partial charge in [-0.05, 0) is 48.2 Å². The fourth-order valence-corrected chi connectivity index (χ4v) is 2.59. The van der Waals surface area contributed by atoms with Crippen LogP contribution in [-0.2, 0) is 17.6 Å². The number of amides is 1. The summed E-state index contributed by atoms with van der Waals surface area (Å²) in [5.41, 5.74) is 2.17. The quantitative estimate of drug-likeness (QED) is 0.637. The molecular weight excluding hydrogens is 343 g/mol. The number of aromatic nitrogens is 2. The van der Waals surface area contributed by atoms with Gasteiger partial charge in [0.05, 0.1) is 0 Å². The monoisotopic (exact) mass is 364 g/mol. The number of anilines is 2. The molecule has 0 bridgehead atoms. The first-order valence-electron chi connectivity index (χ1n) is 8.85. The molecule has 0 spiro atoms. The van der Waals surface area contributed by atoms with Crippen LogP contribution in [0.5, 0.6) is 0 Å². The van der Waals surface area contributed by atoms with Crippen molar-refractivity contribution in [3.63, 3.8) is 0 Å². The average molecular weight is 364 g/mol. The predicted molar refractivity (Wildman–Crippen MR) is 104 cm³/mol. The van der Waals surface area contributed by atoms with E-state index in [4.69, 9.17) is 0 Å². The lowest BCUT2D eigenvalue weighted by atomic mass is 10.1. The van der Waals surface area contributed by atoms with Crippen LogP contribution in [0.4, 0.5) is 16.0 Å². The largest absolute Gasteiger partial charge is 0.368 e. The van der Waals surface area contributed by atoms with Crippen LogP contribution in [0.2, 0.25) is 0 Å². The van der Waals surface area contributed by atoms with Crippen LogP contribution in [-0.4, -0.2) is 22.6 Å². The molecule has 138 valence electrons. The lowest BCUT2D eigenvalue weighted by Gasteiger charge is -2.07. The zero-order valence-corrected chi connectivity index (χ0v) is 14.9. The van der Waals surface area contributed by atoms with E-state index in [1.54, 1.807) is 24.3 Å². The van der Waals surface area contributed by atoms with Crippen LogP contribution < -0.4 is 10.6 Å². The molecule has 0 aliphatic carbocycles. The number of nitrogens with zero attached hydrogens (tertiary/aromatic N) is 2. The van der Waals surface area contributed by atoms with Gasteiger partial charge in [-0.15, -0.1) is 10.2 Å². The smallest absolute Gasteiger partial charge is 0.225 e. The van der Waals surface area contributed by atoms with Crippen LogP contribution in [0.1, 0.15) is 17.5 Å². The fourth-order valence-electron chi connectivity index (χ4n) is 2.59. The van der Waals surface area contributed by atoms with Crippen LogP contribution >= 0.6 is 0 Å². The Bertz CT molecular complexity index is 852. The van der Waals surface area contributed by atoms with E-state index in [0.717, 1.165) is 17.5 Å². The third-order valence-electron chi connectivity index (χ3n) is 4.05. The number of halogens is 1. The van der Waals surface area contributed by atoms with Crippen LogP contribution in [0.3, 0.4) is 0 Å². The Morgan fingerprint density at radius 1 is 0.815 bits per heavy atom. The van der Waals surface area contributed by atoms with Crippen molar-refractivity contribution < 1.29 is 9.18 Å². The third kappa shape index (κ3) is 6.18. The van der Waals surface area contributed by atoms with Gasteiger partial charge >= 0.3 is 0 Å². The van der Waals surface area contributed by atoms with Crippen LogP contribution in [0.25, 0.3) is 0 Å². The summed E-state index contributed by atoms with van der Waals surface area (Å²) in [7, 11) is 0. The maximum absolute atomic E-state index is 12.9. The highest BCUT2D eigenvalue weighted by molar-refractivity contribution is 5.89. The van der Waals surface area contributed by atoms with Crippen molar-refractivity contribution in [1.82, 2.24) is 10.2 Å². The Kier molecular flexibility index (Phi) is 6.46. The fraction of sp³-hybridized carbons (Fsp3) is 0.190. The number of hydrogen-bond donors (Lipinski definition) is 2. The molecule has 5 nitrogen and oxygen atoms in total. The first kappa shape index (κ1) is 18.5. The second kappa shape index (κ2) is 9.43. The molecule has 3 aromatic rings. The second-order valence-corrected chi connectivity index (χ2v) is 6.14. The Morgan fingerprint density at radius 3 is 2.19 bits per heavy atom. The molecular formula is C21H21FN4O. The van der Waals surface area contributed by atoms with E-state index in [1.807, 2.05) is 30.3 Å². The van der Waals surface area contributed by atoms with E-state index in [-0.39, 0.29) is 11.7 Å². The topological polar surface area (TPSA) is 66.9 Å². The average Bonchev–Trinajstić information content (AvgIpc) is 2.70. The molecule has 1 heterocycles. The van der Waals surface area contributed by atoms with E-state index >= 15 is 0 Å². The lowest BCUT2D eigenvalue weighted by Crippen LogP contribution is -2.14. The second-order valence-electron chi connectivity index (χ2n) is 6.14. The normalized spacial score (nSPS) is 10.4. The highest BCUT2D eigenvalue weighted by atomic mass is 19.1. The van der Waals surface area contributed by atoms with Gasteiger partial charge in [0, 0.05) is 13.0 Å². The third-order valence-corrected chi connectivity index (χ3v) is 4.05. The number of aryl methyl sites for hydroxylation is 1. The lowest BCUT2D eigenvalue weighted by molar-refractivity contribution is -0.116. The van der Waals surface area contributed by atoms with Gasteiger partial charge in [0.1, 0.15) is 11.6 Å². The van der Waals surface area contributed by atoms with Crippen molar-refractivity contribution in [1.29, 1.82) is 0 Å². The SMILES string of the molecule is O=C(CCc1ccccc1)Nc1ccc(NCCc2ccc(F)cc2)nn1. The summed E-state index contributed by atoms with van der Waals surface area (Å²) in [6.45, 7) is 0.656. The van der Waals surface area contributed by atoms with E-state index in [9.17, 15) is 9.18 Å². The van der Waals surface area contributed by atoms with E-state index in [0.29, 0.717) is 31.0 Å². The zero-order chi connectivity index (χ0) is 18.9. The molecule has 1 aromatic heterocycles. The van der Waals surface area contributed by atoms with Crippen molar-refractivity contribution in [2.75, 3.05) is 17.2 Å². The molecule has 27 heavy (non-hydrogen) atoms. The maximum atomic E-state index is 12.9. The molecule has 0 unspecified atom stereocenters. The van der Waals surface area contributed by atoms with E-state index in [2.05, 4.69) is 20.8 Å². The van der Waals surface area contributed by atoms with Crippen molar-refractivity contribution in [2.45, 2.75) is 19.3 Å². The van der Waals surface area contributed by atoms with E-state index in [1.165, 1.54) is 12.1 Å². The molecule has 1 amide bonds. The first-order chi connectivity index (χ1) is 13.2. The van der Waals surface area contributed by atoms with Gasteiger partial charge in [-0.25, -0.2) is 4.39 Å². The van der Waals surface area contributed by atoms with Gasteiger partial charge in [-0.2, -0.15) is 0 Å². The number of benzene rings is 2. The summed E-state index contributed by atoms with van der Waals surface area (Å²) >= 11 is 0. The first-order valence-corrected chi connectivity index (χ1v) is 8.85. The molecule has 6 heteroatoms. The minimum atomic E-state index is -0.237. The van der Waals surface area contributed by atoms with Gasteiger partial charge < -0.3 is 10.6 Å². The summed E-state index contributed by atoms with van der Waals surface area (Å²) in [6, 6.07) is 19.8. The summed E-state index contributed by atoms with van der Waals surface area (Å²) in [6.07, 6.45) is 1.83. The van der Waals surface area contributed by atoms with Crippen molar-refractivity contribution >= 4 is 17.5 Å². The predicted octanol–water partition coefficient (Wildman–Crippen LogP) is 3.84. The molecule has 2 aromatic carbocycles. The summed E-state index contributed by atoms with van der Waals surface area (Å²) < 4.78 is 12.9. The molecule has 0 saturated carbocycles. The molecule has 0 fully saturated rings. The van der Waals surface area contributed by atoms with Gasteiger partial charge in [0.2, 0.25) is 5.91 Å².